The largest absolute Gasteiger partial charge is 0.243 e. The fourth-order valence-electron chi connectivity index (χ4n) is 1.36. The highest BCUT2D eigenvalue weighted by atomic mass is 35.5. The molecule has 1 saturated carbocycles. The van der Waals surface area contributed by atoms with E-state index in [1.54, 1.807) is 0 Å². The molecule has 0 saturated heterocycles. The predicted octanol–water partition coefficient (Wildman–Crippen LogP) is 1.21. The SMILES string of the molecule is CC1(C)CC1NS(=O)(=O)c1cnc(Cl)nc1. The van der Waals surface area contributed by atoms with Crippen molar-refractivity contribution in [1.82, 2.24) is 14.7 Å². The van der Waals surface area contributed by atoms with Gasteiger partial charge in [0, 0.05) is 6.04 Å². The zero-order valence-electron chi connectivity index (χ0n) is 8.94. The third kappa shape index (κ3) is 2.34. The van der Waals surface area contributed by atoms with E-state index >= 15 is 0 Å². The number of hydrogen-bond donors (Lipinski definition) is 1. The summed E-state index contributed by atoms with van der Waals surface area (Å²) in [7, 11) is -3.52. The van der Waals surface area contributed by atoms with Gasteiger partial charge in [-0.2, -0.15) is 0 Å². The van der Waals surface area contributed by atoms with Gasteiger partial charge in [-0.05, 0) is 23.4 Å². The Kier molecular flexibility index (Phi) is 2.68. The van der Waals surface area contributed by atoms with Crippen LogP contribution in [-0.2, 0) is 10.0 Å². The van der Waals surface area contributed by atoms with Crippen LogP contribution >= 0.6 is 11.6 Å². The highest BCUT2D eigenvalue weighted by Gasteiger charge is 2.47. The van der Waals surface area contributed by atoms with E-state index in [0.29, 0.717) is 0 Å². The molecular weight excluding hydrogens is 250 g/mol. The fraction of sp³-hybridized carbons (Fsp3) is 0.556. The summed E-state index contributed by atoms with van der Waals surface area (Å²) in [5.41, 5.74) is 0.0420. The second-order valence-corrected chi connectivity index (χ2v) is 6.61. The molecule has 1 fully saturated rings. The van der Waals surface area contributed by atoms with Gasteiger partial charge in [-0.15, -0.1) is 0 Å². The third-order valence-electron chi connectivity index (χ3n) is 2.72. The zero-order chi connectivity index (χ0) is 12.0. The number of nitrogens with zero attached hydrogens (tertiary/aromatic N) is 2. The van der Waals surface area contributed by atoms with Crippen LogP contribution in [0.5, 0.6) is 0 Å². The first-order valence-electron chi connectivity index (χ1n) is 4.81. The molecular formula is C9H12ClN3O2S. The van der Waals surface area contributed by atoms with Gasteiger partial charge in [0.15, 0.2) is 0 Å². The molecule has 1 unspecified atom stereocenters. The molecule has 1 aromatic heterocycles. The van der Waals surface area contributed by atoms with Crippen LogP contribution in [0.4, 0.5) is 0 Å². The van der Waals surface area contributed by atoms with E-state index in [2.05, 4.69) is 14.7 Å². The molecule has 5 nitrogen and oxygen atoms in total. The Hall–Kier alpha value is -0.720. The molecule has 1 N–H and O–H groups in total. The van der Waals surface area contributed by atoms with Crippen molar-refractivity contribution in [2.75, 3.05) is 0 Å². The first kappa shape index (κ1) is 11.8. The molecule has 0 aliphatic heterocycles. The lowest BCUT2D eigenvalue weighted by molar-refractivity contribution is 0.554. The van der Waals surface area contributed by atoms with Crippen LogP contribution in [0.25, 0.3) is 0 Å². The Morgan fingerprint density at radius 2 is 1.94 bits per heavy atom. The minimum absolute atomic E-state index is 0.00632. The second-order valence-electron chi connectivity index (χ2n) is 4.55. The lowest BCUT2D eigenvalue weighted by Crippen LogP contribution is -2.28. The van der Waals surface area contributed by atoms with Crippen molar-refractivity contribution in [3.8, 4) is 0 Å². The molecule has 1 heterocycles. The van der Waals surface area contributed by atoms with E-state index in [4.69, 9.17) is 11.6 Å². The Morgan fingerprint density at radius 3 is 2.38 bits per heavy atom. The Labute approximate surface area is 99.3 Å². The van der Waals surface area contributed by atoms with E-state index in [9.17, 15) is 8.42 Å². The van der Waals surface area contributed by atoms with Crippen LogP contribution in [-0.4, -0.2) is 24.4 Å². The van der Waals surface area contributed by atoms with Gasteiger partial charge in [-0.3, -0.25) is 0 Å². The molecule has 2 rings (SSSR count). The molecule has 0 bridgehead atoms. The smallest absolute Gasteiger partial charge is 0.225 e. The molecule has 1 aromatic rings. The van der Waals surface area contributed by atoms with E-state index in [1.165, 1.54) is 12.4 Å². The van der Waals surface area contributed by atoms with Gasteiger partial charge in [0.05, 0.1) is 12.4 Å². The topological polar surface area (TPSA) is 72.0 Å². The van der Waals surface area contributed by atoms with Crippen LogP contribution in [0.2, 0.25) is 5.28 Å². The molecule has 1 aliphatic rings. The zero-order valence-corrected chi connectivity index (χ0v) is 10.5. The Morgan fingerprint density at radius 1 is 1.44 bits per heavy atom. The maximum absolute atomic E-state index is 11.8. The standard InChI is InChI=1S/C9H12ClN3O2S/c1-9(2)3-7(9)13-16(14,15)6-4-11-8(10)12-5-6/h4-5,7,13H,3H2,1-2H3. The van der Waals surface area contributed by atoms with E-state index in [1.807, 2.05) is 13.8 Å². The quantitative estimate of drug-likeness (QED) is 0.830. The highest BCUT2D eigenvalue weighted by molar-refractivity contribution is 7.89. The maximum atomic E-state index is 11.8. The minimum atomic E-state index is -3.52. The molecule has 1 aliphatic carbocycles. The molecule has 0 spiro atoms. The van der Waals surface area contributed by atoms with Gasteiger partial charge < -0.3 is 0 Å². The van der Waals surface area contributed by atoms with E-state index < -0.39 is 10.0 Å². The van der Waals surface area contributed by atoms with E-state index in [0.717, 1.165) is 6.42 Å². The normalized spacial score (nSPS) is 23.1. The summed E-state index contributed by atoms with van der Waals surface area (Å²) >= 11 is 5.49. The Bertz CT molecular complexity index is 498. The number of hydrogen-bond acceptors (Lipinski definition) is 4. The molecule has 0 aromatic carbocycles. The number of nitrogens with one attached hydrogen (secondary N) is 1. The van der Waals surface area contributed by atoms with Gasteiger partial charge >= 0.3 is 0 Å². The van der Waals surface area contributed by atoms with Crippen molar-refractivity contribution in [1.29, 1.82) is 0 Å². The van der Waals surface area contributed by atoms with Gasteiger partial charge in [0.2, 0.25) is 15.3 Å². The van der Waals surface area contributed by atoms with Crippen molar-refractivity contribution >= 4 is 21.6 Å². The molecule has 1 atom stereocenters. The fourth-order valence-corrected chi connectivity index (χ4v) is 2.76. The van der Waals surface area contributed by atoms with Crippen LogP contribution in [0.3, 0.4) is 0 Å². The van der Waals surface area contributed by atoms with Crippen LogP contribution in [0, 0.1) is 5.41 Å². The summed E-state index contributed by atoms with van der Waals surface area (Å²) in [5.74, 6) is 0. The molecule has 16 heavy (non-hydrogen) atoms. The molecule has 0 amide bonds. The van der Waals surface area contributed by atoms with Gasteiger partial charge in [-0.1, -0.05) is 13.8 Å². The van der Waals surface area contributed by atoms with E-state index in [-0.39, 0.29) is 21.6 Å². The van der Waals surface area contributed by atoms with Gasteiger partial charge in [-0.25, -0.2) is 23.1 Å². The first-order valence-corrected chi connectivity index (χ1v) is 6.67. The van der Waals surface area contributed by atoms with Gasteiger partial charge in [0.1, 0.15) is 4.90 Å². The summed E-state index contributed by atoms with van der Waals surface area (Å²) in [6, 6.07) is -0.00632. The number of rotatable bonds is 3. The summed E-state index contributed by atoms with van der Waals surface area (Å²) < 4.78 is 26.3. The van der Waals surface area contributed by atoms with Crippen molar-refractivity contribution in [3.63, 3.8) is 0 Å². The lowest BCUT2D eigenvalue weighted by Gasteiger charge is -2.07. The summed E-state index contributed by atoms with van der Waals surface area (Å²) in [6.07, 6.45) is 3.25. The van der Waals surface area contributed by atoms with Crippen LogP contribution < -0.4 is 4.72 Å². The van der Waals surface area contributed by atoms with Crippen molar-refractivity contribution in [2.24, 2.45) is 5.41 Å². The summed E-state index contributed by atoms with van der Waals surface area (Å²) in [6.45, 7) is 4.02. The lowest BCUT2D eigenvalue weighted by atomic mass is 10.2. The predicted molar refractivity (Wildman–Crippen MR) is 59.5 cm³/mol. The van der Waals surface area contributed by atoms with Crippen molar-refractivity contribution in [3.05, 3.63) is 17.7 Å². The maximum Gasteiger partial charge on any atom is 0.243 e. The first-order chi connectivity index (χ1) is 7.31. The molecule has 88 valence electrons. The highest BCUT2D eigenvalue weighted by Crippen LogP contribution is 2.45. The summed E-state index contributed by atoms with van der Waals surface area (Å²) in [5, 5.41) is 0.0331. The number of aromatic nitrogens is 2. The molecule has 7 heteroatoms. The molecule has 0 radical (unpaired) electrons. The summed E-state index contributed by atoms with van der Waals surface area (Å²) in [4.78, 5) is 7.33. The number of sulfonamides is 1. The van der Waals surface area contributed by atoms with Gasteiger partial charge in [0.25, 0.3) is 0 Å². The van der Waals surface area contributed by atoms with Crippen LogP contribution in [0.15, 0.2) is 17.3 Å². The Balaban J connectivity index is 2.17. The van der Waals surface area contributed by atoms with Crippen molar-refractivity contribution < 1.29 is 8.42 Å². The monoisotopic (exact) mass is 261 g/mol. The number of halogens is 1. The van der Waals surface area contributed by atoms with Crippen molar-refractivity contribution in [2.45, 2.75) is 31.2 Å². The average Bonchev–Trinajstić information content (AvgIpc) is 2.73. The third-order valence-corrected chi connectivity index (χ3v) is 4.34. The second kappa shape index (κ2) is 3.65. The minimum Gasteiger partial charge on any atom is -0.225 e. The average molecular weight is 262 g/mol. The van der Waals surface area contributed by atoms with Crippen LogP contribution in [0.1, 0.15) is 20.3 Å².